The van der Waals surface area contributed by atoms with Crippen molar-refractivity contribution in [1.29, 1.82) is 0 Å². The molecule has 1 aliphatic heterocycles. The predicted octanol–water partition coefficient (Wildman–Crippen LogP) is -0.789. The maximum absolute atomic E-state index is 11.5. The first-order chi connectivity index (χ1) is 7.22. The van der Waals surface area contributed by atoms with E-state index in [0.29, 0.717) is 5.36 Å². The van der Waals surface area contributed by atoms with E-state index in [2.05, 4.69) is 9.73 Å². The van der Waals surface area contributed by atoms with E-state index in [-0.39, 0.29) is 5.78 Å². The zero-order valence-electron chi connectivity index (χ0n) is 8.14. The van der Waals surface area contributed by atoms with E-state index in [1.807, 2.05) is 6.07 Å². The number of hydrogen-bond donors (Lipinski definition) is 0. The number of rotatable bonds is 1. The molecule has 0 spiro atoms. The number of Topliss-reactive ketones (excluding diaryl/α,β-unsaturated/α-hetero) is 1. The summed E-state index contributed by atoms with van der Waals surface area (Å²) >= 11 is 0. The summed E-state index contributed by atoms with van der Waals surface area (Å²) in [4.78, 5) is 26.8. The van der Waals surface area contributed by atoms with Gasteiger partial charge in [0.15, 0.2) is 5.78 Å². The number of methoxy groups -OCH3 is 1. The van der Waals surface area contributed by atoms with Gasteiger partial charge in [-0.2, -0.15) is 0 Å². The number of ketones is 1. The number of esters is 1. The lowest BCUT2D eigenvalue weighted by molar-refractivity contribution is -0.144. The standard InChI is InChI=1S/C11H9NO3/c1-15-11(14)10-9(13)6-7-4-2-3-5-8(7)12-10/h2-6,10H,1H3. The average molecular weight is 203 g/mol. The van der Waals surface area contributed by atoms with Crippen LogP contribution in [0.5, 0.6) is 0 Å². The molecule has 0 radical (unpaired) electrons. The summed E-state index contributed by atoms with van der Waals surface area (Å²) < 4.78 is 4.50. The van der Waals surface area contributed by atoms with Crippen molar-refractivity contribution in [3.8, 4) is 0 Å². The molecule has 0 amide bonds. The first kappa shape index (κ1) is 9.58. The molecule has 0 aliphatic carbocycles. The Morgan fingerprint density at radius 1 is 1.40 bits per heavy atom. The third-order valence-electron chi connectivity index (χ3n) is 2.20. The summed E-state index contributed by atoms with van der Waals surface area (Å²) in [5.41, 5.74) is 0. The molecule has 0 N–H and O–H groups in total. The topological polar surface area (TPSA) is 55.7 Å². The fourth-order valence-electron chi connectivity index (χ4n) is 1.44. The fraction of sp³-hybridized carbons (Fsp3) is 0.182. The highest BCUT2D eigenvalue weighted by atomic mass is 16.5. The van der Waals surface area contributed by atoms with Crippen LogP contribution < -0.4 is 10.6 Å². The number of nitrogens with zero attached hydrogens (tertiary/aromatic N) is 1. The summed E-state index contributed by atoms with van der Waals surface area (Å²) in [6.07, 6.45) is 1.42. The Labute approximate surface area is 85.9 Å². The molecule has 0 bridgehead atoms. The first-order valence-electron chi connectivity index (χ1n) is 4.48. The fourth-order valence-corrected chi connectivity index (χ4v) is 1.44. The molecule has 1 heterocycles. The van der Waals surface area contributed by atoms with E-state index in [1.54, 1.807) is 18.2 Å². The van der Waals surface area contributed by atoms with Gasteiger partial charge in [-0.05, 0) is 12.1 Å². The lowest BCUT2D eigenvalue weighted by Crippen LogP contribution is -2.40. The minimum Gasteiger partial charge on any atom is -0.467 e. The molecule has 0 saturated carbocycles. The van der Waals surface area contributed by atoms with E-state index in [0.717, 1.165) is 5.22 Å². The minimum atomic E-state index is -1.04. The highest BCUT2D eigenvalue weighted by Gasteiger charge is 2.26. The molecule has 0 saturated heterocycles. The lowest BCUT2D eigenvalue weighted by Gasteiger charge is -2.09. The summed E-state index contributed by atoms with van der Waals surface area (Å²) in [6, 6.07) is 6.12. The van der Waals surface area contributed by atoms with Gasteiger partial charge < -0.3 is 4.74 Å². The van der Waals surface area contributed by atoms with Crippen LogP contribution in [-0.4, -0.2) is 24.9 Å². The second-order valence-corrected chi connectivity index (χ2v) is 3.16. The third-order valence-corrected chi connectivity index (χ3v) is 2.20. The molecule has 1 aromatic carbocycles. The number of para-hydroxylation sites is 1. The van der Waals surface area contributed by atoms with Crippen molar-refractivity contribution >= 4 is 17.8 Å². The number of benzene rings is 1. The van der Waals surface area contributed by atoms with Gasteiger partial charge in [0.05, 0.1) is 12.5 Å². The summed E-state index contributed by atoms with van der Waals surface area (Å²) in [6.45, 7) is 0. The van der Waals surface area contributed by atoms with Crippen LogP contribution >= 0.6 is 0 Å². The Balaban J connectivity index is 2.56. The molecule has 1 atom stereocenters. The smallest absolute Gasteiger partial charge is 0.338 e. The predicted molar refractivity (Wildman–Crippen MR) is 52.5 cm³/mol. The van der Waals surface area contributed by atoms with Crippen LogP contribution in [0.1, 0.15) is 0 Å². The number of fused-ring (bicyclic) bond motifs is 1. The van der Waals surface area contributed by atoms with Crippen LogP contribution in [0.15, 0.2) is 29.3 Å². The second-order valence-electron chi connectivity index (χ2n) is 3.16. The molecule has 1 unspecified atom stereocenters. The number of carbonyl (C=O) groups excluding carboxylic acids is 2. The molecule has 76 valence electrons. The Kier molecular flexibility index (Phi) is 2.33. The molecule has 4 heteroatoms. The van der Waals surface area contributed by atoms with Crippen molar-refractivity contribution < 1.29 is 14.3 Å². The normalized spacial score (nSPS) is 18.5. The zero-order valence-corrected chi connectivity index (χ0v) is 8.14. The SMILES string of the molecule is COC(=O)C1N=c2ccccc2=CC1=O. The Morgan fingerprint density at radius 2 is 2.13 bits per heavy atom. The summed E-state index contributed by atoms with van der Waals surface area (Å²) in [5.74, 6) is -0.952. The van der Waals surface area contributed by atoms with Crippen molar-refractivity contribution in [2.75, 3.05) is 7.11 Å². The Bertz CT molecular complexity index is 533. The third kappa shape index (κ3) is 1.66. The minimum absolute atomic E-state index is 0.333. The second kappa shape index (κ2) is 3.65. The van der Waals surface area contributed by atoms with E-state index in [1.165, 1.54) is 13.2 Å². The van der Waals surface area contributed by atoms with Crippen LogP contribution in [0.3, 0.4) is 0 Å². The highest BCUT2D eigenvalue weighted by molar-refractivity contribution is 6.19. The van der Waals surface area contributed by atoms with Gasteiger partial charge in [-0.3, -0.25) is 9.79 Å². The molecule has 1 aliphatic rings. The van der Waals surface area contributed by atoms with Crippen LogP contribution in [-0.2, 0) is 14.3 Å². The van der Waals surface area contributed by atoms with Crippen molar-refractivity contribution in [2.45, 2.75) is 6.04 Å². The molecule has 1 aromatic rings. The van der Waals surface area contributed by atoms with E-state index < -0.39 is 12.0 Å². The van der Waals surface area contributed by atoms with Gasteiger partial charge in [-0.25, -0.2) is 4.79 Å². The van der Waals surface area contributed by atoms with Crippen molar-refractivity contribution in [3.63, 3.8) is 0 Å². The summed E-state index contributed by atoms with van der Waals surface area (Å²) in [7, 11) is 1.24. The maximum atomic E-state index is 11.5. The van der Waals surface area contributed by atoms with Crippen molar-refractivity contribution in [3.05, 3.63) is 34.8 Å². The van der Waals surface area contributed by atoms with Gasteiger partial charge in [0, 0.05) is 5.22 Å². The van der Waals surface area contributed by atoms with Gasteiger partial charge >= 0.3 is 5.97 Å². The van der Waals surface area contributed by atoms with E-state index in [9.17, 15) is 9.59 Å². The highest BCUT2D eigenvalue weighted by Crippen LogP contribution is 1.99. The largest absolute Gasteiger partial charge is 0.467 e. The first-order valence-corrected chi connectivity index (χ1v) is 4.48. The Hall–Kier alpha value is -1.97. The van der Waals surface area contributed by atoms with Crippen LogP contribution in [0.2, 0.25) is 0 Å². The molecule has 4 nitrogen and oxygen atoms in total. The molecule has 15 heavy (non-hydrogen) atoms. The Morgan fingerprint density at radius 3 is 2.87 bits per heavy atom. The van der Waals surface area contributed by atoms with Gasteiger partial charge in [0.2, 0.25) is 6.04 Å². The van der Waals surface area contributed by atoms with Crippen molar-refractivity contribution in [2.24, 2.45) is 4.99 Å². The van der Waals surface area contributed by atoms with Crippen LogP contribution in [0, 0.1) is 0 Å². The molecular weight excluding hydrogens is 194 g/mol. The van der Waals surface area contributed by atoms with Crippen LogP contribution in [0.25, 0.3) is 6.08 Å². The average Bonchev–Trinajstić information content (AvgIpc) is 2.27. The molecule has 0 fully saturated rings. The van der Waals surface area contributed by atoms with Gasteiger partial charge in [-0.15, -0.1) is 0 Å². The number of hydrogen-bond acceptors (Lipinski definition) is 4. The van der Waals surface area contributed by atoms with Gasteiger partial charge in [-0.1, -0.05) is 18.2 Å². The summed E-state index contributed by atoms with van der Waals surface area (Å²) in [5, 5.41) is 1.38. The molecule has 2 rings (SSSR count). The number of ether oxygens (including phenoxy) is 1. The van der Waals surface area contributed by atoms with Gasteiger partial charge in [0.25, 0.3) is 0 Å². The molecule has 0 aromatic heterocycles. The van der Waals surface area contributed by atoms with Gasteiger partial charge in [0.1, 0.15) is 0 Å². The quantitative estimate of drug-likeness (QED) is 0.444. The maximum Gasteiger partial charge on any atom is 0.338 e. The zero-order chi connectivity index (χ0) is 10.8. The van der Waals surface area contributed by atoms with E-state index in [4.69, 9.17) is 0 Å². The number of carbonyl (C=O) groups is 2. The van der Waals surface area contributed by atoms with E-state index >= 15 is 0 Å². The lowest BCUT2D eigenvalue weighted by atomic mass is 10.1. The monoisotopic (exact) mass is 203 g/mol. The molecular formula is C11H9NO3. The van der Waals surface area contributed by atoms with Crippen molar-refractivity contribution in [1.82, 2.24) is 0 Å². The van der Waals surface area contributed by atoms with Crippen LogP contribution in [0.4, 0.5) is 0 Å².